The Balaban J connectivity index is 1.43. The van der Waals surface area contributed by atoms with Crippen LogP contribution in [-0.2, 0) is 4.79 Å². The van der Waals surface area contributed by atoms with Crippen molar-refractivity contribution in [2.45, 2.75) is 0 Å². The third kappa shape index (κ3) is 4.86. The molecule has 26 heavy (non-hydrogen) atoms. The first-order valence-corrected chi connectivity index (χ1v) is 8.73. The lowest BCUT2D eigenvalue weighted by Crippen LogP contribution is -2.52. The number of pyridine rings is 1. The molecule has 0 unspecified atom stereocenters. The van der Waals surface area contributed by atoms with Gasteiger partial charge in [-0.3, -0.25) is 9.78 Å². The second-order valence-corrected chi connectivity index (χ2v) is 6.34. The van der Waals surface area contributed by atoms with Crippen molar-refractivity contribution in [1.82, 2.24) is 15.2 Å². The molecule has 0 atom stereocenters. The molecule has 8 heteroatoms. The number of piperazine rings is 1. The van der Waals surface area contributed by atoms with Crippen molar-refractivity contribution in [2.24, 2.45) is 0 Å². The molecule has 2 N–H and O–H groups in total. The number of amides is 3. The summed E-state index contributed by atoms with van der Waals surface area (Å²) < 4.78 is 0. The van der Waals surface area contributed by atoms with Crippen LogP contribution in [0.2, 0.25) is 5.02 Å². The van der Waals surface area contributed by atoms with E-state index in [1.807, 2.05) is 24.3 Å². The van der Waals surface area contributed by atoms with Crippen LogP contribution in [-0.4, -0.2) is 54.5 Å². The number of benzene rings is 1. The van der Waals surface area contributed by atoms with Crippen molar-refractivity contribution in [3.8, 4) is 0 Å². The molecule has 1 aromatic heterocycles. The van der Waals surface area contributed by atoms with E-state index in [4.69, 9.17) is 11.6 Å². The highest BCUT2D eigenvalue weighted by molar-refractivity contribution is 6.30. The molecule has 1 saturated heterocycles. The van der Waals surface area contributed by atoms with Crippen LogP contribution in [0.15, 0.2) is 48.8 Å². The Bertz CT molecular complexity index is 763. The lowest BCUT2D eigenvalue weighted by atomic mass is 10.2. The zero-order valence-electron chi connectivity index (χ0n) is 14.2. The predicted octanol–water partition coefficient (Wildman–Crippen LogP) is 2.21. The summed E-state index contributed by atoms with van der Waals surface area (Å²) in [6.07, 6.45) is 3.18. The van der Waals surface area contributed by atoms with Gasteiger partial charge in [-0.2, -0.15) is 0 Å². The lowest BCUT2D eigenvalue weighted by Gasteiger charge is -2.36. The van der Waals surface area contributed by atoms with Crippen molar-refractivity contribution >= 4 is 34.9 Å². The van der Waals surface area contributed by atoms with Crippen molar-refractivity contribution in [3.05, 3.63) is 53.8 Å². The number of nitrogens with zero attached hydrogens (tertiary/aromatic N) is 3. The summed E-state index contributed by atoms with van der Waals surface area (Å²) in [7, 11) is 0. The van der Waals surface area contributed by atoms with Gasteiger partial charge in [0.05, 0.1) is 18.4 Å². The molecule has 0 radical (unpaired) electrons. The second kappa shape index (κ2) is 8.53. The average Bonchev–Trinajstić information content (AvgIpc) is 2.67. The van der Waals surface area contributed by atoms with E-state index in [9.17, 15) is 9.59 Å². The Labute approximate surface area is 157 Å². The van der Waals surface area contributed by atoms with Gasteiger partial charge in [0.2, 0.25) is 5.91 Å². The Morgan fingerprint density at radius 3 is 2.62 bits per heavy atom. The van der Waals surface area contributed by atoms with Crippen LogP contribution < -0.4 is 15.5 Å². The molecule has 0 saturated carbocycles. The van der Waals surface area contributed by atoms with Gasteiger partial charge in [-0.25, -0.2) is 4.79 Å². The predicted molar refractivity (Wildman–Crippen MR) is 102 cm³/mol. The third-order valence-electron chi connectivity index (χ3n) is 4.09. The normalized spacial score (nSPS) is 14.0. The topological polar surface area (TPSA) is 77.6 Å². The summed E-state index contributed by atoms with van der Waals surface area (Å²) in [6, 6.07) is 10.9. The van der Waals surface area contributed by atoms with Crippen molar-refractivity contribution in [1.29, 1.82) is 0 Å². The molecule has 0 aliphatic carbocycles. The molecular formula is C18H20ClN5O2. The zero-order chi connectivity index (χ0) is 18.4. The number of carbonyl (C=O) groups excluding carboxylic acids is 2. The van der Waals surface area contributed by atoms with Crippen LogP contribution in [0.3, 0.4) is 0 Å². The summed E-state index contributed by atoms with van der Waals surface area (Å²) >= 11 is 6.03. The molecule has 0 bridgehead atoms. The fraction of sp³-hybridized carbons (Fsp3) is 0.278. The number of nitrogens with one attached hydrogen (secondary N) is 2. The quantitative estimate of drug-likeness (QED) is 0.861. The van der Waals surface area contributed by atoms with Gasteiger partial charge in [-0.1, -0.05) is 17.7 Å². The van der Waals surface area contributed by atoms with Gasteiger partial charge >= 0.3 is 6.03 Å². The molecule has 2 heterocycles. The van der Waals surface area contributed by atoms with E-state index in [0.29, 0.717) is 23.8 Å². The van der Waals surface area contributed by atoms with Gasteiger partial charge in [0, 0.05) is 43.1 Å². The molecule has 0 spiro atoms. The summed E-state index contributed by atoms with van der Waals surface area (Å²) in [4.78, 5) is 31.9. The SMILES string of the molecule is O=C(CNC(=O)N1CCN(c2cccc(Cl)c2)CC1)Nc1cccnc1. The molecular weight excluding hydrogens is 354 g/mol. The maximum Gasteiger partial charge on any atom is 0.317 e. The Morgan fingerprint density at radius 1 is 1.12 bits per heavy atom. The molecule has 7 nitrogen and oxygen atoms in total. The van der Waals surface area contributed by atoms with Crippen molar-refractivity contribution in [2.75, 3.05) is 42.9 Å². The molecule has 1 aliphatic heterocycles. The van der Waals surface area contributed by atoms with Crippen molar-refractivity contribution in [3.63, 3.8) is 0 Å². The first-order chi connectivity index (χ1) is 12.6. The van der Waals surface area contributed by atoms with E-state index >= 15 is 0 Å². The van der Waals surface area contributed by atoms with E-state index in [0.717, 1.165) is 18.8 Å². The van der Waals surface area contributed by atoms with E-state index < -0.39 is 0 Å². The van der Waals surface area contributed by atoms with Crippen LogP contribution in [0.1, 0.15) is 0 Å². The Kier molecular flexibility index (Phi) is 5.91. The van der Waals surface area contributed by atoms with Gasteiger partial charge in [0.15, 0.2) is 0 Å². The lowest BCUT2D eigenvalue weighted by molar-refractivity contribution is -0.115. The van der Waals surface area contributed by atoms with E-state index in [1.54, 1.807) is 29.4 Å². The molecule has 1 aromatic carbocycles. The summed E-state index contributed by atoms with van der Waals surface area (Å²) in [5.41, 5.74) is 1.65. The highest BCUT2D eigenvalue weighted by Gasteiger charge is 2.21. The van der Waals surface area contributed by atoms with Gasteiger partial charge < -0.3 is 20.4 Å². The summed E-state index contributed by atoms with van der Waals surface area (Å²) in [6.45, 7) is 2.53. The molecule has 3 rings (SSSR count). The maximum absolute atomic E-state index is 12.2. The minimum Gasteiger partial charge on any atom is -0.368 e. The van der Waals surface area contributed by atoms with Gasteiger partial charge in [0.25, 0.3) is 0 Å². The molecule has 136 valence electrons. The maximum atomic E-state index is 12.2. The molecule has 1 fully saturated rings. The van der Waals surface area contributed by atoms with Gasteiger partial charge in [-0.15, -0.1) is 0 Å². The number of anilines is 2. The fourth-order valence-electron chi connectivity index (χ4n) is 2.75. The monoisotopic (exact) mass is 373 g/mol. The minimum atomic E-state index is -0.288. The minimum absolute atomic E-state index is 0.0811. The van der Waals surface area contributed by atoms with E-state index in [2.05, 4.69) is 20.5 Å². The average molecular weight is 374 g/mol. The molecule has 3 amide bonds. The largest absolute Gasteiger partial charge is 0.368 e. The number of halogens is 1. The van der Waals surface area contributed by atoms with Gasteiger partial charge in [-0.05, 0) is 30.3 Å². The third-order valence-corrected chi connectivity index (χ3v) is 4.32. The van der Waals surface area contributed by atoms with E-state index in [-0.39, 0.29) is 18.5 Å². The first kappa shape index (κ1) is 18.0. The summed E-state index contributed by atoms with van der Waals surface area (Å²) in [5.74, 6) is -0.288. The second-order valence-electron chi connectivity index (χ2n) is 5.90. The summed E-state index contributed by atoms with van der Waals surface area (Å²) in [5, 5.41) is 6.03. The van der Waals surface area contributed by atoms with Crippen LogP contribution in [0.5, 0.6) is 0 Å². The van der Waals surface area contributed by atoms with Crippen LogP contribution >= 0.6 is 11.6 Å². The highest BCUT2D eigenvalue weighted by atomic mass is 35.5. The highest BCUT2D eigenvalue weighted by Crippen LogP contribution is 2.20. The number of rotatable bonds is 4. The van der Waals surface area contributed by atoms with Crippen LogP contribution in [0, 0.1) is 0 Å². The van der Waals surface area contributed by atoms with Crippen LogP contribution in [0.25, 0.3) is 0 Å². The standard InChI is InChI=1S/C18H20ClN5O2/c19-14-3-1-5-16(11-14)23-7-9-24(10-8-23)18(26)21-13-17(25)22-15-4-2-6-20-12-15/h1-6,11-12H,7-10,13H2,(H,21,26)(H,22,25). The van der Waals surface area contributed by atoms with E-state index in [1.165, 1.54) is 0 Å². The zero-order valence-corrected chi connectivity index (χ0v) is 14.9. The smallest absolute Gasteiger partial charge is 0.317 e. The Hall–Kier alpha value is -2.80. The van der Waals surface area contributed by atoms with Gasteiger partial charge in [0.1, 0.15) is 0 Å². The number of hydrogen-bond acceptors (Lipinski definition) is 4. The van der Waals surface area contributed by atoms with Crippen LogP contribution in [0.4, 0.5) is 16.2 Å². The Morgan fingerprint density at radius 2 is 1.92 bits per heavy atom. The number of urea groups is 1. The number of carbonyl (C=O) groups is 2. The number of aromatic nitrogens is 1. The molecule has 1 aliphatic rings. The number of hydrogen-bond donors (Lipinski definition) is 2. The first-order valence-electron chi connectivity index (χ1n) is 8.35. The van der Waals surface area contributed by atoms with Crippen molar-refractivity contribution < 1.29 is 9.59 Å². The molecule has 2 aromatic rings. The fourth-order valence-corrected chi connectivity index (χ4v) is 2.93.